The third kappa shape index (κ3) is 6.97. The number of nitrogens with two attached hydrogens (primary N) is 1. The molecule has 39 heavy (non-hydrogen) atoms. The van der Waals surface area contributed by atoms with Crippen LogP contribution in [0.15, 0.2) is 48.8 Å². The molecule has 4 atom stereocenters. The maximum Gasteiger partial charge on any atom is 0.459 e. The fourth-order valence-corrected chi connectivity index (χ4v) is 6.13. The minimum Gasteiger partial charge on any atom is -0.464 e. The number of anilines is 1. The van der Waals surface area contributed by atoms with Gasteiger partial charge in [0.05, 0.1) is 25.0 Å². The normalized spacial score (nSPS) is 21.6. The summed E-state index contributed by atoms with van der Waals surface area (Å²) < 4.78 is 39.1. The summed E-state index contributed by atoms with van der Waals surface area (Å²) in [5, 5.41) is 7.08. The molecule has 2 aromatic heterocycles. The van der Waals surface area contributed by atoms with E-state index in [1.165, 1.54) is 6.33 Å². The van der Waals surface area contributed by atoms with Gasteiger partial charge in [-0.3, -0.25) is 9.32 Å². The fourth-order valence-electron chi connectivity index (χ4n) is 4.61. The molecule has 0 bridgehead atoms. The zero-order chi connectivity index (χ0) is 28.0. The van der Waals surface area contributed by atoms with Gasteiger partial charge in [0.2, 0.25) is 0 Å². The number of nitrogens with one attached hydrogen (secondary N) is 1. The summed E-state index contributed by atoms with van der Waals surface area (Å²) in [6, 6.07) is 11.5. The van der Waals surface area contributed by atoms with E-state index in [4.69, 9.17) is 24.3 Å². The molecule has 1 fully saturated rings. The van der Waals surface area contributed by atoms with Crippen LogP contribution in [-0.4, -0.2) is 45.9 Å². The second kappa shape index (κ2) is 12.5. The number of esters is 1. The first-order valence-electron chi connectivity index (χ1n) is 13.4. The number of fused-ring (bicyclic) bond motifs is 1. The van der Waals surface area contributed by atoms with Crippen molar-refractivity contribution in [2.24, 2.45) is 5.92 Å². The van der Waals surface area contributed by atoms with E-state index in [0.29, 0.717) is 36.5 Å². The number of carbonyl (C=O) groups is 1. The van der Waals surface area contributed by atoms with Crippen molar-refractivity contribution < 1.29 is 27.9 Å². The van der Waals surface area contributed by atoms with E-state index in [1.54, 1.807) is 35.7 Å². The summed E-state index contributed by atoms with van der Waals surface area (Å²) in [5.74, 6) is 0.489. The van der Waals surface area contributed by atoms with Gasteiger partial charge in [-0.25, -0.2) is 14.1 Å². The minimum absolute atomic E-state index is 0.0113. The number of nitrogen functional groups attached to an aromatic ring is 1. The maximum atomic E-state index is 13.9. The highest BCUT2D eigenvalue weighted by molar-refractivity contribution is 7.52. The summed E-state index contributed by atoms with van der Waals surface area (Å²) in [6.45, 7) is 7.96. The number of hydrogen-bond donors (Lipinski definition) is 2. The molecule has 0 saturated carbocycles. The molecule has 0 spiro atoms. The summed E-state index contributed by atoms with van der Waals surface area (Å²) >= 11 is 0. The fraction of sp³-hybridized carbons (Fsp3) is 0.519. The second-order valence-electron chi connectivity index (χ2n) is 10.0. The first kappa shape index (κ1) is 29.0. The van der Waals surface area contributed by atoms with Crippen molar-refractivity contribution in [3.05, 3.63) is 54.5 Å². The van der Waals surface area contributed by atoms with Crippen LogP contribution in [0.1, 0.15) is 59.1 Å². The van der Waals surface area contributed by atoms with Gasteiger partial charge in [0.1, 0.15) is 29.2 Å². The average Bonchev–Trinajstić information content (AvgIpc) is 3.54. The number of carbonyl (C=O) groups excluding carboxylic acids is 1. The molecule has 0 radical (unpaired) electrons. The van der Waals surface area contributed by atoms with Crippen LogP contribution in [0, 0.1) is 5.92 Å². The number of hydrogen-bond acceptors (Lipinski definition) is 9. The Morgan fingerprint density at radius 3 is 2.72 bits per heavy atom. The Balaban J connectivity index is 1.43. The molecule has 3 N–H and O–H groups in total. The van der Waals surface area contributed by atoms with Crippen molar-refractivity contribution in [1.82, 2.24) is 19.7 Å². The molecule has 0 aliphatic carbocycles. The van der Waals surface area contributed by atoms with Gasteiger partial charge in [0.25, 0.3) is 0 Å². The standard InChI is InChI=1S/C27H38N5O6P/c1-5-20(6-2)16-35-26(33)19(3)31-39(34,38-21-10-8-7-9-11-21)36-17-22-14-15-27(4,37-22)24-13-12-23-25(28)29-18-30-32(23)24/h7-13,18-20,22H,5-6,14-17H2,1-4H3,(H,31,34)(H2,28,29,30)/t19-,22-,27+,39?/m0/s1. The number of aromatic nitrogens is 3. The molecule has 11 nitrogen and oxygen atoms in total. The number of para-hydroxylation sites is 1. The smallest absolute Gasteiger partial charge is 0.459 e. The summed E-state index contributed by atoms with van der Waals surface area (Å²) in [4.78, 5) is 16.7. The minimum atomic E-state index is -3.99. The third-order valence-electron chi connectivity index (χ3n) is 7.11. The van der Waals surface area contributed by atoms with Crippen LogP contribution in [0.2, 0.25) is 0 Å². The number of benzene rings is 1. The van der Waals surface area contributed by atoms with Gasteiger partial charge < -0.3 is 19.7 Å². The molecule has 1 aliphatic heterocycles. The lowest BCUT2D eigenvalue weighted by molar-refractivity contribution is -0.146. The molecule has 3 heterocycles. The lowest BCUT2D eigenvalue weighted by atomic mass is 9.98. The Morgan fingerprint density at radius 2 is 2.00 bits per heavy atom. The Morgan fingerprint density at radius 1 is 1.26 bits per heavy atom. The number of nitrogens with zero attached hydrogens (tertiary/aromatic N) is 3. The van der Waals surface area contributed by atoms with E-state index in [-0.39, 0.29) is 18.6 Å². The van der Waals surface area contributed by atoms with Gasteiger partial charge >= 0.3 is 13.7 Å². The van der Waals surface area contributed by atoms with Crippen LogP contribution in [-0.2, 0) is 29.0 Å². The van der Waals surface area contributed by atoms with Gasteiger partial charge in [-0.05, 0) is 56.9 Å². The predicted octanol–water partition coefficient (Wildman–Crippen LogP) is 4.87. The molecular weight excluding hydrogens is 521 g/mol. The summed E-state index contributed by atoms with van der Waals surface area (Å²) in [7, 11) is -3.99. The van der Waals surface area contributed by atoms with Crippen LogP contribution in [0.4, 0.5) is 5.82 Å². The van der Waals surface area contributed by atoms with E-state index >= 15 is 0 Å². The molecule has 1 unspecified atom stereocenters. The first-order chi connectivity index (χ1) is 18.7. The predicted molar refractivity (Wildman–Crippen MR) is 147 cm³/mol. The highest BCUT2D eigenvalue weighted by Crippen LogP contribution is 2.47. The van der Waals surface area contributed by atoms with Crippen LogP contribution in [0.25, 0.3) is 5.52 Å². The molecule has 0 amide bonds. The molecule has 212 valence electrons. The lowest BCUT2D eigenvalue weighted by Gasteiger charge is -2.26. The molecular formula is C27H38N5O6P. The van der Waals surface area contributed by atoms with E-state index < -0.39 is 25.4 Å². The SMILES string of the molecule is CCC(CC)COC(=O)[C@H](C)NP(=O)(OC[C@@H]1CC[C@](C)(c2ccc3c(N)ncnn23)O1)Oc1ccccc1. The Labute approximate surface area is 229 Å². The van der Waals surface area contributed by atoms with Crippen molar-refractivity contribution >= 4 is 25.1 Å². The molecule has 1 aliphatic rings. The van der Waals surface area contributed by atoms with Crippen LogP contribution < -0.4 is 15.3 Å². The molecule has 1 aromatic carbocycles. The molecule has 3 aromatic rings. The first-order valence-corrected chi connectivity index (χ1v) is 14.9. The Hall–Kier alpha value is -2.98. The molecule has 12 heteroatoms. The quantitative estimate of drug-likeness (QED) is 0.220. The topological polar surface area (TPSA) is 139 Å². The second-order valence-corrected chi connectivity index (χ2v) is 11.7. The van der Waals surface area contributed by atoms with E-state index in [1.807, 2.05) is 25.1 Å². The van der Waals surface area contributed by atoms with Crippen LogP contribution in [0.3, 0.4) is 0 Å². The number of rotatable bonds is 13. The zero-order valence-corrected chi connectivity index (χ0v) is 23.8. The van der Waals surface area contributed by atoms with E-state index in [9.17, 15) is 9.36 Å². The monoisotopic (exact) mass is 559 g/mol. The van der Waals surface area contributed by atoms with Crippen LogP contribution in [0.5, 0.6) is 5.75 Å². The van der Waals surface area contributed by atoms with Crippen molar-refractivity contribution in [2.75, 3.05) is 18.9 Å². The maximum absolute atomic E-state index is 13.9. The van der Waals surface area contributed by atoms with Crippen molar-refractivity contribution in [2.45, 2.75) is 71.1 Å². The van der Waals surface area contributed by atoms with E-state index in [0.717, 1.165) is 18.5 Å². The van der Waals surface area contributed by atoms with Gasteiger partial charge in [-0.1, -0.05) is 44.9 Å². The van der Waals surface area contributed by atoms with Crippen molar-refractivity contribution in [3.8, 4) is 5.75 Å². The third-order valence-corrected chi connectivity index (χ3v) is 8.76. The highest BCUT2D eigenvalue weighted by atomic mass is 31.2. The molecule has 4 rings (SSSR count). The Bertz CT molecular complexity index is 1300. The number of ether oxygens (including phenoxy) is 2. The lowest BCUT2D eigenvalue weighted by Crippen LogP contribution is -2.36. The summed E-state index contributed by atoms with van der Waals surface area (Å²) in [5.41, 5.74) is 6.87. The van der Waals surface area contributed by atoms with Gasteiger partial charge in [0, 0.05) is 0 Å². The largest absolute Gasteiger partial charge is 0.464 e. The van der Waals surface area contributed by atoms with Crippen molar-refractivity contribution in [3.63, 3.8) is 0 Å². The Kier molecular flexibility index (Phi) is 9.27. The van der Waals surface area contributed by atoms with Crippen LogP contribution >= 0.6 is 7.75 Å². The average molecular weight is 560 g/mol. The zero-order valence-electron chi connectivity index (χ0n) is 22.9. The molecule has 1 saturated heterocycles. The van der Waals surface area contributed by atoms with Gasteiger partial charge in [0.15, 0.2) is 5.82 Å². The highest BCUT2D eigenvalue weighted by Gasteiger charge is 2.42. The van der Waals surface area contributed by atoms with E-state index in [2.05, 4.69) is 29.0 Å². The van der Waals surface area contributed by atoms with Gasteiger partial charge in [-0.2, -0.15) is 10.2 Å². The summed E-state index contributed by atoms with van der Waals surface area (Å²) in [6.07, 6.45) is 4.19. The van der Waals surface area contributed by atoms with Crippen molar-refractivity contribution in [1.29, 1.82) is 0 Å². The van der Waals surface area contributed by atoms with Gasteiger partial charge in [-0.15, -0.1) is 0 Å².